The number of rotatable bonds is 10. The number of hydrogen-bond acceptors (Lipinski definition) is 2. The lowest BCUT2D eigenvalue weighted by atomic mass is 9.93. The van der Waals surface area contributed by atoms with E-state index in [1.807, 2.05) is 33.9 Å². The Kier molecular flexibility index (Phi) is 13.6. The van der Waals surface area contributed by atoms with Crippen molar-refractivity contribution in [3.8, 4) is 0 Å². The van der Waals surface area contributed by atoms with Crippen LogP contribution in [-0.4, -0.2) is 43.4 Å². The molecule has 0 aliphatic carbocycles. The number of nitrogens with one attached hydrogen (secondary N) is 1. The lowest BCUT2D eigenvalue weighted by Crippen LogP contribution is -2.41. The number of hydrogen-bond donors (Lipinski definition) is 2. The molecule has 5 nitrogen and oxygen atoms in total. The number of primary amides is 1. The molecule has 130 valence electrons. The fraction of sp³-hybridized carbons (Fsp3) is 0.750. The molecule has 0 aromatic heterocycles. The molecule has 0 fully saturated rings. The quantitative estimate of drug-likeness (QED) is 0.186. The molecule has 0 saturated heterocycles. The summed E-state index contributed by atoms with van der Waals surface area (Å²) in [5.41, 5.74) is 4.76. The molecule has 22 heavy (non-hydrogen) atoms. The van der Waals surface area contributed by atoms with Crippen molar-refractivity contribution in [3.05, 3.63) is 12.7 Å². The lowest BCUT2D eigenvalue weighted by Gasteiger charge is -2.24. The first-order valence-electron chi connectivity index (χ1n) is 7.75. The fourth-order valence-electron chi connectivity index (χ4n) is 1.74. The first kappa shape index (κ1) is 23.5. The van der Waals surface area contributed by atoms with Crippen LogP contribution in [0.2, 0.25) is 0 Å². The summed E-state index contributed by atoms with van der Waals surface area (Å²) in [5, 5.41) is 3.25. The Balaban J connectivity index is 0. The van der Waals surface area contributed by atoms with Crippen LogP contribution in [0.3, 0.4) is 0 Å². The van der Waals surface area contributed by atoms with Crippen LogP contribution < -0.4 is 11.1 Å². The molecule has 0 saturated carbocycles. The van der Waals surface area contributed by atoms with E-state index in [0.717, 1.165) is 31.9 Å². The number of carbonyl (C=O) groups excluding carboxylic acids is 1. The molecule has 6 heteroatoms. The van der Waals surface area contributed by atoms with Gasteiger partial charge in [-0.2, -0.15) is 0 Å². The number of aliphatic imine (C=N–C) groups is 1. The third kappa shape index (κ3) is 10.0. The molecule has 3 N–H and O–H groups in total. The minimum atomic E-state index is -0.620. The van der Waals surface area contributed by atoms with Gasteiger partial charge in [-0.05, 0) is 40.0 Å². The van der Waals surface area contributed by atoms with Gasteiger partial charge in [-0.25, -0.2) is 0 Å². The molecular weight excluding hydrogens is 391 g/mol. The average molecular weight is 424 g/mol. The highest BCUT2D eigenvalue weighted by molar-refractivity contribution is 14.0. The summed E-state index contributed by atoms with van der Waals surface area (Å²) in [6.07, 6.45) is 6.52. The van der Waals surface area contributed by atoms with E-state index in [1.165, 1.54) is 12.8 Å². The van der Waals surface area contributed by atoms with Gasteiger partial charge in [0.25, 0.3) is 0 Å². The van der Waals surface area contributed by atoms with Crippen LogP contribution in [-0.2, 0) is 4.79 Å². The molecular formula is C16H33IN4O. The summed E-state index contributed by atoms with van der Waals surface area (Å²) in [6.45, 7) is 11.5. The summed E-state index contributed by atoms with van der Waals surface area (Å²) in [6, 6.07) is 0. The van der Waals surface area contributed by atoms with Crippen LogP contribution in [0.25, 0.3) is 0 Å². The predicted octanol–water partition coefficient (Wildman–Crippen LogP) is 2.76. The van der Waals surface area contributed by atoms with Crippen LogP contribution in [0.4, 0.5) is 0 Å². The molecule has 0 unspecified atom stereocenters. The Morgan fingerprint density at radius 3 is 2.50 bits per heavy atom. The lowest BCUT2D eigenvalue weighted by molar-refractivity contribution is -0.125. The van der Waals surface area contributed by atoms with E-state index in [2.05, 4.69) is 21.8 Å². The highest BCUT2D eigenvalue weighted by atomic mass is 127. The second-order valence-electron chi connectivity index (χ2n) is 5.98. The van der Waals surface area contributed by atoms with Crippen molar-refractivity contribution in [2.75, 3.05) is 26.7 Å². The standard InChI is InChI=1S/C16H32N4O.HI/c1-6-8-9-10-11-12-20(5)15(18-7-2)19-13-16(3,4)14(17)21;/h6H,1,7-13H2,2-5H3,(H2,17,21)(H,18,19);1H. The zero-order valence-electron chi connectivity index (χ0n) is 14.5. The summed E-state index contributed by atoms with van der Waals surface area (Å²) >= 11 is 0. The molecule has 0 bridgehead atoms. The summed E-state index contributed by atoms with van der Waals surface area (Å²) < 4.78 is 0. The zero-order valence-corrected chi connectivity index (χ0v) is 16.9. The van der Waals surface area contributed by atoms with Crippen molar-refractivity contribution in [1.29, 1.82) is 0 Å². The van der Waals surface area contributed by atoms with Crippen LogP contribution in [0.1, 0.15) is 46.5 Å². The van der Waals surface area contributed by atoms with Gasteiger partial charge in [-0.1, -0.05) is 12.5 Å². The van der Waals surface area contributed by atoms with Gasteiger partial charge in [-0.15, -0.1) is 30.6 Å². The first-order valence-corrected chi connectivity index (χ1v) is 7.75. The minimum absolute atomic E-state index is 0. The predicted molar refractivity (Wildman–Crippen MR) is 106 cm³/mol. The van der Waals surface area contributed by atoms with Crippen LogP contribution >= 0.6 is 24.0 Å². The van der Waals surface area contributed by atoms with Crippen molar-refractivity contribution in [2.24, 2.45) is 16.1 Å². The van der Waals surface area contributed by atoms with E-state index < -0.39 is 5.41 Å². The van der Waals surface area contributed by atoms with Gasteiger partial charge >= 0.3 is 0 Å². The molecule has 0 radical (unpaired) electrons. The zero-order chi connectivity index (χ0) is 16.3. The van der Waals surface area contributed by atoms with Gasteiger partial charge in [0.2, 0.25) is 5.91 Å². The fourth-order valence-corrected chi connectivity index (χ4v) is 1.74. The number of nitrogens with zero attached hydrogens (tertiary/aromatic N) is 2. The van der Waals surface area contributed by atoms with Crippen LogP contribution in [0.15, 0.2) is 17.6 Å². The molecule has 1 amide bonds. The first-order chi connectivity index (χ1) is 9.85. The number of guanidine groups is 1. The SMILES string of the molecule is C=CCCCCCN(C)C(=NCC(C)(C)C(N)=O)NCC.I. The average Bonchev–Trinajstić information content (AvgIpc) is 2.42. The Bertz CT molecular complexity index is 356. The number of halogens is 1. The van der Waals surface area contributed by atoms with Crippen molar-refractivity contribution < 1.29 is 4.79 Å². The van der Waals surface area contributed by atoms with E-state index in [0.29, 0.717) is 6.54 Å². The molecule has 0 aliphatic heterocycles. The van der Waals surface area contributed by atoms with E-state index in [4.69, 9.17) is 5.73 Å². The van der Waals surface area contributed by atoms with Gasteiger partial charge in [0.05, 0.1) is 12.0 Å². The van der Waals surface area contributed by atoms with Gasteiger partial charge in [0, 0.05) is 20.1 Å². The summed E-state index contributed by atoms with van der Waals surface area (Å²) in [5.74, 6) is 0.504. The van der Waals surface area contributed by atoms with E-state index in [-0.39, 0.29) is 29.9 Å². The molecule has 0 aromatic carbocycles. The number of amides is 1. The third-order valence-corrected chi connectivity index (χ3v) is 3.39. The molecule has 0 aliphatic rings. The number of unbranched alkanes of at least 4 members (excludes halogenated alkanes) is 3. The minimum Gasteiger partial charge on any atom is -0.369 e. The second-order valence-corrected chi connectivity index (χ2v) is 5.98. The summed E-state index contributed by atoms with van der Waals surface area (Å²) in [4.78, 5) is 18.0. The summed E-state index contributed by atoms with van der Waals surface area (Å²) in [7, 11) is 2.02. The highest BCUT2D eigenvalue weighted by Gasteiger charge is 2.24. The van der Waals surface area contributed by atoms with Gasteiger partial charge in [-0.3, -0.25) is 9.79 Å². The topological polar surface area (TPSA) is 70.7 Å². The van der Waals surface area contributed by atoms with Gasteiger partial charge < -0.3 is 16.0 Å². The Labute approximate surface area is 152 Å². The molecule has 0 atom stereocenters. The maximum Gasteiger partial charge on any atom is 0.224 e. The van der Waals surface area contributed by atoms with Crippen LogP contribution in [0, 0.1) is 5.41 Å². The normalized spacial score (nSPS) is 11.5. The van der Waals surface area contributed by atoms with E-state index >= 15 is 0 Å². The number of nitrogens with two attached hydrogens (primary N) is 1. The Morgan fingerprint density at radius 2 is 2.00 bits per heavy atom. The van der Waals surface area contributed by atoms with Crippen molar-refractivity contribution in [2.45, 2.75) is 46.5 Å². The number of allylic oxidation sites excluding steroid dienone is 1. The van der Waals surface area contributed by atoms with E-state index in [9.17, 15) is 4.79 Å². The van der Waals surface area contributed by atoms with Crippen molar-refractivity contribution in [3.63, 3.8) is 0 Å². The molecule has 0 heterocycles. The molecule has 0 rings (SSSR count). The molecule has 0 aromatic rings. The maximum absolute atomic E-state index is 11.3. The maximum atomic E-state index is 11.3. The largest absolute Gasteiger partial charge is 0.369 e. The Hall–Kier alpha value is -0.790. The molecule has 0 spiro atoms. The van der Waals surface area contributed by atoms with Gasteiger partial charge in [0.15, 0.2) is 5.96 Å². The third-order valence-electron chi connectivity index (χ3n) is 3.39. The highest BCUT2D eigenvalue weighted by Crippen LogP contribution is 2.14. The number of carbonyl (C=O) groups is 1. The smallest absolute Gasteiger partial charge is 0.224 e. The van der Waals surface area contributed by atoms with Crippen molar-refractivity contribution in [1.82, 2.24) is 10.2 Å². The Morgan fingerprint density at radius 1 is 1.36 bits per heavy atom. The van der Waals surface area contributed by atoms with Crippen molar-refractivity contribution >= 4 is 35.8 Å². The van der Waals surface area contributed by atoms with Crippen LogP contribution in [0.5, 0.6) is 0 Å². The van der Waals surface area contributed by atoms with Gasteiger partial charge in [0.1, 0.15) is 0 Å². The second kappa shape index (κ2) is 12.7. The monoisotopic (exact) mass is 424 g/mol. The van der Waals surface area contributed by atoms with E-state index in [1.54, 1.807) is 0 Å².